The number of nitrogens with zero attached hydrogens (tertiary/aromatic N) is 1. The van der Waals surface area contributed by atoms with E-state index >= 15 is 0 Å². The summed E-state index contributed by atoms with van der Waals surface area (Å²) in [5.74, 6) is 3.39. The molecule has 1 N–H and O–H groups in total. The molecule has 0 spiro atoms. The van der Waals surface area contributed by atoms with Crippen molar-refractivity contribution in [3.8, 4) is 11.8 Å². The maximum Gasteiger partial charge on any atom is 0.417 e. The highest BCUT2D eigenvalue weighted by Gasteiger charge is 2.30. The molecule has 0 amide bonds. The van der Waals surface area contributed by atoms with Crippen LogP contribution in [0.1, 0.15) is 17.5 Å². The zero-order chi connectivity index (χ0) is 12.2. The number of pyridine rings is 1. The summed E-state index contributed by atoms with van der Waals surface area (Å²) >= 11 is 0. The summed E-state index contributed by atoms with van der Waals surface area (Å²) in [4.78, 5) is 13.5. The van der Waals surface area contributed by atoms with E-state index in [1.54, 1.807) is 0 Å². The molecule has 0 aliphatic rings. The Morgan fingerprint density at radius 3 is 2.69 bits per heavy atom. The number of carbonyl (C=O) groups is 1. The van der Waals surface area contributed by atoms with Gasteiger partial charge in [0.2, 0.25) is 0 Å². The lowest BCUT2D eigenvalue weighted by molar-refractivity contribution is -0.138. The Morgan fingerprint density at radius 1 is 1.44 bits per heavy atom. The molecule has 0 aromatic carbocycles. The van der Waals surface area contributed by atoms with Crippen molar-refractivity contribution in [1.82, 2.24) is 4.98 Å². The molecule has 0 unspecified atom stereocenters. The SMILES string of the molecule is O=C(O)CC#Cc1cncc(C(F)(F)F)c1. The van der Waals surface area contributed by atoms with E-state index in [2.05, 4.69) is 16.8 Å². The molecule has 84 valence electrons. The van der Waals surface area contributed by atoms with Crippen LogP contribution in [0.25, 0.3) is 0 Å². The normalized spacial score (nSPS) is 10.4. The largest absolute Gasteiger partial charge is 0.481 e. The molecule has 0 saturated heterocycles. The minimum atomic E-state index is -4.47. The quantitative estimate of drug-likeness (QED) is 0.748. The molecule has 1 aromatic heterocycles. The standard InChI is InChI=1S/C10H6F3NO2/c11-10(12,13)8-4-7(5-14-6-8)2-1-3-9(15)16/h4-6H,3H2,(H,15,16). The number of rotatable bonds is 1. The third-order valence-corrected chi connectivity index (χ3v) is 1.54. The molecule has 1 heterocycles. The van der Waals surface area contributed by atoms with Crippen molar-refractivity contribution in [2.24, 2.45) is 0 Å². The topological polar surface area (TPSA) is 50.2 Å². The fourth-order valence-electron chi connectivity index (χ4n) is 0.885. The van der Waals surface area contributed by atoms with Gasteiger partial charge in [-0.3, -0.25) is 9.78 Å². The Morgan fingerprint density at radius 2 is 2.12 bits per heavy atom. The van der Waals surface area contributed by atoms with Gasteiger partial charge in [-0.15, -0.1) is 0 Å². The fraction of sp³-hybridized carbons (Fsp3) is 0.200. The van der Waals surface area contributed by atoms with E-state index in [1.807, 2.05) is 0 Å². The first-order valence-electron chi connectivity index (χ1n) is 4.12. The van der Waals surface area contributed by atoms with Crippen LogP contribution in [0.5, 0.6) is 0 Å². The van der Waals surface area contributed by atoms with Gasteiger partial charge in [0.05, 0.1) is 5.56 Å². The predicted octanol–water partition coefficient (Wildman–Crippen LogP) is 1.93. The Kier molecular flexibility index (Phi) is 3.51. The van der Waals surface area contributed by atoms with Crippen LogP contribution in [-0.4, -0.2) is 16.1 Å². The fourth-order valence-corrected chi connectivity index (χ4v) is 0.885. The van der Waals surface area contributed by atoms with Gasteiger partial charge in [-0.2, -0.15) is 13.2 Å². The number of hydrogen-bond acceptors (Lipinski definition) is 2. The van der Waals surface area contributed by atoms with E-state index in [0.29, 0.717) is 6.20 Å². The van der Waals surface area contributed by atoms with Gasteiger partial charge in [-0.25, -0.2) is 0 Å². The lowest BCUT2D eigenvalue weighted by Gasteiger charge is -2.04. The molecule has 0 aliphatic heterocycles. The third-order valence-electron chi connectivity index (χ3n) is 1.54. The molecular formula is C10H6F3NO2. The monoisotopic (exact) mass is 229 g/mol. The van der Waals surface area contributed by atoms with Crippen molar-refractivity contribution in [3.05, 3.63) is 29.6 Å². The Bertz CT molecular complexity index is 457. The van der Waals surface area contributed by atoms with Crippen molar-refractivity contribution in [3.63, 3.8) is 0 Å². The zero-order valence-electron chi connectivity index (χ0n) is 7.88. The van der Waals surface area contributed by atoms with Crippen LogP contribution in [0.15, 0.2) is 18.5 Å². The Labute approximate surface area is 88.9 Å². The number of aliphatic carboxylic acids is 1. The molecule has 16 heavy (non-hydrogen) atoms. The molecule has 0 fully saturated rings. The van der Waals surface area contributed by atoms with E-state index in [1.165, 1.54) is 0 Å². The summed E-state index contributed by atoms with van der Waals surface area (Å²) in [5, 5.41) is 8.28. The Balaban J connectivity index is 2.90. The molecular weight excluding hydrogens is 223 g/mol. The van der Waals surface area contributed by atoms with Gasteiger partial charge in [0, 0.05) is 18.0 Å². The van der Waals surface area contributed by atoms with Gasteiger partial charge in [-0.05, 0) is 6.07 Å². The van der Waals surface area contributed by atoms with E-state index in [4.69, 9.17) is 5.11 Å². The molecule has 3 nitrogen and oxygen atoms in total. The lowest BCUT2D eigenvalue weighted by Crippen LogP contribution is -2.05. The van der Waals surface area contributed by atoms with Gasteiger partial charge in [0.15, 0.2) is 0 Å². The van der Waals surface area contributed by atoms with E-state index < -0.39 is 24.1 Å². The third kappa shape index (κ3) is 3.61. The number of carboxylic acid groups (broad SMARTS) is 1. The zero-order valence-corrected chi connectivity index (χ0v) is 7.88. The first-order valence-corrected chi connectivity index (χ1v) is 4.12. The van der Waals surface area contributed by atoms with E-state index in [9.17, 15) is 18.0 Å². The van der Waals surface area contributed by atoms with E-state index in [0.717, 1.165) is 12.3 Å². The summed E-state index contributed by atoms with van der Waals surface area (Å²) in [6.45, 7) is 0. The first-order chi connectivity index (χ1) is 7.39. The summed E-state index contributed by atoms with van der Waals surface area (Å²) < 4.78 is 36.7. The highest BCUT2D eigenvalue weighted by molar-refractivity contribution is 5.70. The van der Waals surface area contributed by atoms with Gasteiger partial charge >= 0.3 is 12.1 Å². The van der Waals surface area contributed by atoms with Crippen molar-refractivity contribution in [2.45, 2.75) is 12.6 Å². The molecule has 0 atom stereocenters. The molecule has 0 radical (unpaired) electrons. The van der Waals surface area contributed by atoms with Crippen molar-refractivity contribution < 1.29 is 23.1 Å². The van der Waals surface area contributed by atoms with Crippen LogP contribution in [0.3, 0.4) is 0 Å². The second-order valence-corrected chi connectivity index (χ2v) is 2.83. The number of halogens is 3. The second kappa shape index (κ2) is 4.66. The predicted molar refractivity (Wildman–Crippen MR) is 48.4 cm³/mol. The van der Waals surface area contributed by atoms with Gasteiger partial charge in [0.1, 0.15) is 6.42 Å². The van der Waals surface area contributed by atoms with Gasteiger partial charge < -0.3 is 5.11 Å². The van der Waals surface area contributed by atoms with E-state index in [-0.39, 0.29) is 5.56 Å². The summed E-state index contributed by atoms with van der Waals surface area (Å²) in [7, 11) is 0. The molecule has 0 bridgehead atoms. The second-order valence-electron chi connectivity index (χ2n) is 2.83. The molecule has 1 rings (SSSR count). The van der Waals surface area contributed by atoms with Crippen LogP contribution >= 0.6 is 0 Å². The van der Waals surface area contributed by atoms with Crippen LogP contribution in [0, 0.1) is 11.8 Å². The first kappa shape index (κ1) is 12.0. The van der Waals surface area contributed by atoms with Crippen LogP contribution in [-0.2, 0) is 11.0 Å². The van der Waals surface area contributed by atoms with Crippen molar-refractivity contribution in [2.75, 3.05) is 0 Å². The molecule has 6 heteroatoms. The number of aromatic nitrogens is 1. The molecule has 1 aromatic rings. The van der Waals surface area contributed by atoms with Crippen molar-refractivity contribution >= 4 is 5.97 Å². The number of carboxylic acids is 1. The smallest absolute Gasteiger partial charge is 0.417 e. The summed E-state index contributed by atoms with van der Waals surface area (Å²) in [5.41, 5.74) is -0.870. The minimum Gasteiger partial charge on any atom is -0.481 e. The summed E-state index contributed by atoms with van der Waals surface area (Å²) in [6.07, 6.45) is -3.07. The highest BCUT2D eigenvalue weighted by atomic mass is 19.4. The van der Waals surface area contributed by atoms with Gasteiger partial charge in [-0.1, -0.05) is 11.8 Å². The maximum atomic E-state index is 12.2. The van der Waals surface area contributed by atoms with Crippen LogP contribution in [0.2, 0.25) is 0 Å². The minimum absolute atomic E-state index is 0.0380. The Hall–Kier alpha value is -2.03. The lowest BCUT2D eigenvalue weighted by atomic mass is 10.2. The number of alkyl halides is 3. The number of hydrogen-bond donors (Lipinski definition) is 1. The average Bonchev–Trinajstić information content (AvgIpc) is 2.16. The average molecular weight is 229 g/mol. The van der Waals surface area contributed by atoms with Crippen molar-refractivity contribution in [1.29, 1.82) is 0 Å². The maximum absolute atomic E-state index is 12.2. The molecule has 0 aliphatic carbocycles. The molecule has 0 saturated carbocycles. The summed E-state index contributed by atoms with van der Waals surface area (Å²) in [6, 6.07) is 0.821. The van der Waals surface area contributed by atoms with Gasteiger partial charge in [0.25, 0.3) is 0 Å². The van der Waals surface area contributed by atoms with Crippen LogP contribution in [0.4, 0.5) is 13.2 Å². The van der Waals surface area contributed by atoms with Crippen LogP contribution < -0.4 is 0 Å². The highest BCUT2D eigenvalue weighted by Crippen LogP contribution is 2.28.